The van der Waals surface area contributed by atoms with Crippen molar-refractivity contribution >= 4 is 17.7 Å². The second kappa shape index (κ2) is 6.98. The number of carbonyl (C=O) groups excluding carboxylic acids is 1. The van der Waals surface area contributed by atoms with Gasteiger partial charge >= 0.3 is 0 Å². The van der Waals surface area contributed by atoms with Crippen molar-refractivity contribution in [2.45, 2.75) is 56.5 Å². The molecule has 1 aliphatic carbocycles. The fourth-order valence-electron chi connectivity index (χ4n) is 2.56. The first-order chi connectivity index (χ1) is 9.24. The van der Waals surface area contributed by atoms with E-state index in [-0.39, 0.29) is 5.91 Å². The van der Waals surface area contributed by atoms with Gasteiger partial charge in [0.15, 0.2) is 0 Å². The summed E-state index contributed by atoms with van der Waals surface area (Å²) in [4.78, 5) is 14.5. The van der Waals surface area contributed by atoms with E-state index in [1.165, 1.54) is 19.3 Å². The number of rotatable bonds is 5. The summed E-state index contributed by atoms with van der Waals surface area (Å²) in [6.45, 7) is 2.14. The summed E-state index contributed by atoms with van der Waals surface area (Å²) >= 11 is 1.68. The molecule has 0 atom stereocenters. The van der Waals surface area contributed by atoms with Crippen molar-refractivity contribution in [3.63, 3.8) is 0 Å². The lowest BCUT2D eigenvalue weighted by Gasteiger charge is -2.31. The van der Waals surface area contributed by atoms with Crippen molar-refractivity contribution in [1.29, 1.82) is 0 Å². The molecule has 0 unspecified atom stereocenters. The van der Waals surface area contributed by atoms with E-state index in [2.05, 4.69) is 17.1 Å². The van der Waals surface area contributed by atoms with Crippen LogP contribution in [-0.2, 0) is 0 Å². The molecule has 1 aliphatic rings. The number of aromatic nitrogens is 2. The van der Waals surface area contributed by atoms with Crippen LogP contribution in [0.5, 0.6) is 0 Å². The van der Waals surface area contributed by atoms with Crippen LogP contribution in [0.2, 0.25) is 0 Å². The van der Waals surface area contributed by atoms with Crippen LogP contribution in [0.25, 0.3) is 0 Å². The molecule has 1 fully saturated rings. The standard InChI is InChI=1S/C14H23N3OS/c1-3-9-19-13-12(10-15-16-13)14(18)17(2)11-7-5-4-6-8-11/h10-11H,3-9H2,1-2H3,(H,15,16). The maximum Gasteiger partial charge on any atom is 0.258 e. The summed E-state index contributed by atoms with van der Waals surface area (Å²) in [5.74, 6) is 1.12. The Morgan fingerprint density at radius 1 is 1.47 bits per heavy atom. The van der Waals surface area contributed by atoms with Gasteiger partial charge in [-0.25, -0.2) is 0 Å². The topological polar surface area (TPSA) is 49.0 Å². The van der Waals surface area contributed by atoms with Gasteiger partial charge in [-0.15, -0.1) is 11.8 Å². The summed E-state index contributed by atoms with van der Waals surface area (Å²) in [5, 5.41) is 7.89. The summed E-state index contributed by atoms with van der Waals surface area (Å²) in [6.07, 6.45) is 8.82. The Labute approximate surface area is 119 Å². The van der Waals surface area contributed by atoms with Gasteiger partial charge in [-0.1, -0.05) is 26.2 Å². The van der Waals surface area contributed by atoms with Crippen molar-refractivity contribution in [2.24, 2.45) is 0 Å². The molecule has 1 aromatic rings. The first kappa shape index (κ1) is 14.4. The Bertz CT molecular complexity index is 413. The normalized spacial score (nSPS) is 16.5. The maximum atomic E-state index is 12.5. The first-order valence-corrected chi connectivity index (χ1v) is 8.16. The number of carbonyl (C=O) groups is 1. The third kappa shape index (κ3) is 3.53. The van der Waals surface area contributed by atoms with E-state index < -0.39 is 0 Å². The molecule has 5 heteroatoms. The molecule has 106 valence electrons. The zero-order valence-corrected chi connectivity index (χ0v) is 12.6. The lowest BCUT2D eigenvalue weighted by Crippen LogP contribution is -2.38. The molecule has 1 saturated carbocycles. The molecule has 1 aromatic heterocycles. The number of nitrogens with zero attached hydrogens (tertiary/aromatic N) is 2. The van der Waals surface area contributed by atoms with Gasteiger partial charge in [0.2, 0.25) is 0 Å². The first-order valence-electron chi connectivity index (χ1n) is 7.17. The summed E-state index contributed by atoms with van der Waals surface area (Å²) in [6, 6.07) is 0.403. The smallest absolute Gasteiger partial charge is 0.258 e. The largest absolute Gasteiger partial charge is 0.339 e. The second-order valence-electron chi connectivity index (χ2n) is 5.17. The molecule has 19 heavy (non-hydrogen) atoms. The lowest BCUT2D eigenvalue weighted by atomic mass is 9.94. The van der Waals surface area contributed by atoms with E-state index in [0.29, 0.717) is 6.04 Å². The molecule has 0 radical (unpaired) electrons. The second-order valence-corrected chi connectivity index (χ2v) is 6.27. The van der Waals surface area contributed by atoms with E-state index >= 15 is 0 Å². The Hall–Kier alpha value is -0.970. The number of hydrogen-bond donors (Lipinski definition) is 1. The van der Waals surface area contributed by atoms with E-state index in [1.807, 2.05) is 11.9 Å². The molecule has 4 nitrogen and oxygen atoms in total. The molecule has 0 spiro atoms. The number of hydrogen-bond acceptors (Lipinski definition) is 3. The maximum absolute atomic E-state index is 12.5. The van der Waals surface area contributed by atoms with E-state index in [0.717, 1.165) is 35.6 Å². The minimum atomic E-state index is 0.110. The highest BCUT2D eigenvalue weighted by atomic mass is 32.2. The van der Waals surface area contributed by atoms with Crippen LogP contribution in [-0.4, -0.2) is 39.8 Å². The minimum absolute atomic E-state index is 0.110. The van der Waals surface area contributed by atoms with Crippen molar-refractivity contribution < 1.29 is 4.79 Å². The van der Waals surface area contributed by atoms with E-state index in [1.54, 1.807) is 18.0 Å². The van der Waals surface area contributed by atoms with Crippen LogP contribution >= 0.6 is 11.8 Å². The number of amides is 1. The van der Waals surface area contributed by atoms with Gasteiger partial charge in [0.1, 0.15) is 5.03 Å². The van der Waals surface area contributed by atoms with Crippen molar-refractivity contribution in [1.82, 2.24) is 15.1 Å². The van der Waals surface area contributed by atoms with Crippen LogP contribution in [0.1, 0.15) is 55.8 Å². The molecule has 0 saturated heterocycles. The monoisotopic (exact) mass is 281 g/mol. The lowest BCUT2D eigenvalue weighted by molar-refractivity contribution is 0.0693. The predicted octanol–water partition coefficient (Wildman–Crippen LogP) is 3.32. The molecular weight excluding hydrogens is 258 g/mol. The van der Waals surface area contributed by atoms with Crippen LogP contribution in [0.15, 0.2) is 11.2 Å². The molecule has 1 amide bonds. The van der Waals surface area contributed by atoms with E-state index in [9.17, 15) is 4.79 Å². The van der Waals surface area contributed by atoms with Crippen LogP contribution in [0.3, 0.4) is 0 Å². The molecule has 0 bridgehead atoms. The Kier molecular flexibility index (Phi) is 5.31. The minimum Gasteiger partial charge on any atom is -0.339 e. The number of nitrogens with one attached hydrogen (secondary N) is 1. The predicted molar refractivity (Wildman–Crippen MR) is 78.6 cm³/mol. The summed E-state index contributed by atoms with van der Waals surface area (Å²) < 4.78 is 0. The molecule has 0 aromatic carbocycles. The van der Waals surface area contributed by atoms with E-state index in [4.69, 9.17) is 0 Å². The van der Waals surface area contributed by atoms with Crippen LogP contribution in [0, 0.1) is 0 Å². The Morgan fingerprint density at radius 3 is 2.89 bits per heavy atom. The molecule has 1 heterocycles. The zero-order valence-electron chi connectivity index (χ0n) is 11.8. The molecule has 0 aliphatic heterocycles. The highest BCUT2D eigenvalue weighted by Gasteiger charge is 2.25. The fourth-order valence-corrected chi connectivity index (χ4v) is 3.39. The number of aromatic amines is 1. The van der Waals surface area contributed by atoms with Crippen molar-refractivity contribution in [3.8, 4) is 0 Å². The summed E-state index contributed by atoms with van der Waals surface area (Å²) in [7, 11) is 1.93. The van der Waals surface area contributed by atoms with Gasteiger partial charge in [0, 0.05) is 13.1 Å². The van der Waals surface area contributed by atoms with Gasteiger partial charge < -0.3 is 4.90 Å². The van der Waals surface area contributed by atoms with Crippen molar-refractivity contribution in [3.05, 3.63) is 11.8 Å². The molecule has 1 N–H and O–H groups in total. The summed E-state index contributed by atoms with van der Waals surface area (Å²) in [5.41, 5.74) is 0.728. The molecule has 2 rings (SSSR count). The van der Waals surface area contributed by atoms with Crippen molar-refractivity contribution in [2.75, 3.05) is 12.8 Å². The van der Waals surface area contributed by atoms with Gasteiger partial charge in [-0.3, -0.25) is 9.89 Å². The van der Waals surface area contributed by atoms with Crippen LogP contribution in [0.4, 0.5) is 0 Å². The average molecular weight is 281 g/mol. The number of H-pyrrole nitrogens is 1. The van der Waals surface area contributed by atoms with Gasteiger partial charge in [-0.2, -0.15) is 5.10 Å². The van der Waals surface area contributed by atoms with Gasteiger partial charge in [0.25, 0.3) is 5.91 Å². The van der Waals surface area contributed by atoms with Gasteiger partial charge in [0.05, 0.1) is 11.8 Å². The zero-order chi connectivity index (χ0) is 13.7. The third-order valence-corrected chi connectivity index (χ3v) is 4.94. The average Bonchev–Trinajstić information content (AvgIpc) is 2.92. The molecular formula is C14H23N3OS. The quantitative estimate of drug-likeness (QED) is 0.842. The fraction of sp³-hybridized carbons (Fsp3) is 0.714. The SMILES string of the molecule is CCCSc1[nH]ncc1C(=O)N(C)C1CCCCC1. The van der Waals surface area contributed by atoms with Gasteiger partial charge in [-0.05, 0) is 25.0 Å². The Balaban J connectivity index is 2.03. The highest BCUT2D eigenvalue weighted by molar-refractivity contribution is 7.99. The Morgan fingerprint density at radius 2 is 2.21 bits per heavy atom. The number of thioether (sulfide) groups is 1. The highest BCUT2D eigenvalue weighted by Crippen LogP contribution is 2.26. The third-order valence-electron chi connectivity index (χ3n) is 3.73. The van der Waals surface area contributed by atoms with Crippen LogP contribution < -0.4 is 0 Å².